The highest BCUT2D eigenvalue weighted by molar-refractivity contribution is 5.99. The van der Waals surface area contributed by atoms with E-state index in [4.69, 9.17) is 0 Å². The SMILES string of the molecule is CC(=O)c1cc(C(=O)N2CCNCC2C)n(C)c1.Cl. The summed E-state index contributed by atoms with van der Waals surface area (Å²) in [5.41, 5.74) is 1.16. The van der Waals surface area contributed by atoms with E-state index < -0.39 is 0 Å². The van der Waals surface area contributed by atoms with E-state index in [0.29, 0.717) is 17.8 Å². The van der Waals surface area contributed by atoms with Gasteiger partial charge in [-0.3, -0.25) is 9.59 Å². The number of carbonyl (C=O) groups is 2. The van der Waals surface area contributed by atoms with E-state index in [1.54, 1.807) is 23.9 Å². The number of halogens is 1. The van der Waals surface area contributed by atoms with Crippen molar-refractivity contribution in [3.8, 4) is 0 Å². The van der Waals surface area contributed by atoms with Crippen molar-refractivity contribution in [2.24, 2.45) is 7.05 Å². The first kappa shape index (κ1) is 15.7. The van der Waals surface area contributed by atoms with Crippen molar-refractivity contribution >= 4 is 24.1 Å². The number of aromatic nitrogens is 1. The van der Waals surface area contributed by atoms with Crippen LogP contribution >= 0.6 is 12.4 Å². The Kier molecular flexibility index (Phi) is 5.14. The fourth-order valence-electron chi connectivity index (χ4n) is 2.26. The highest BCUT2D eigenvalue weighted by Crippen LogP contribution is 2.13. The minimum Gasteiger partial charge on any atom is -0.346 e. The van der Waals surface area contributed by atoms with Gasteiger partial charge in [-0.25, -0.2) is 0 Å². The number of piperazine rings is 1. The number of ketones is 1. The van der Waals surface area contributed by atoms with Gasteiger partial charge >= 0.3 is 0 Å². The van der Waals surface area contributed by atoms with E-state index in [2.05, 4.69) is 5.32 Å². The molecule has 0 aromatic carbocycles. The van der Waals surface area contributed by atoms with Gasteiger partial charge in [-0.1, -0.05) is 0 Å². The topological polar surface area (TPSA) is 54.3 Å². The van der Waals surface area contributed by atoms with Crippen LogP contribution in [-0.2, 0) is 7.05 Å². The zero-order chi connectivity index (χ0) is 13.3. The lowest BCUT2D eigenvalue weighted by atomic mass is 10.2. The molecule has 2 rings (SSSR count). The first-order chi connectivity index (χ1) is 8.50. The summed E-state index contributed by atoms with van der Waals surface area (Å²) < 4.78 is 1.73. The molecule has 2 heterocycles. The Balaban J connectivity index is 0.00000180. The van der Waals surface area contributed by atoms with Crippen molar-refractivity contribution in [1.29, 1.82) is 0 Å². The van der Waals surface area contributed by atoms with Crippen molar-refractivity contribution < 1.29 is 9.59 Å². The van der Waals surface area contributed by atoms with Crippen molar-refractivity contribution in [2.75, 3.05) is 19.6 Å². The maximum Gasteiger partial charge on any atom is 0.270 e. The van der Waals surface area contributed by atoms with Gasteiger partial charge in [-0.15, -0.1) is 12.4 Å². The first-order valence-corrected chi connectivity index (χ1v) is 6.19. The molecule has 1 amide bonds. The van der Waals surface area contributed by atoms with E-state index in [9.17, 15) is 9.59 Å². The van der Waals surface area contributed by atoms with Crippen LogP contribution in [0.1, 0.15) is 34.7 Å². The molecule has 1 aliphatic heterocycles. The molecule has 0 bridgehead atoms. The van der Waals surface area contributed by atoms with Crippen LogP contribution in [0.15, 0.2) is 12.3 Å². The van der Waals surface area contributed by atoms with Gasteiger partial charge in [0.15, 0.2) is 5.78 Å². The molecule has 1 fully saturated rings. The molecule has 1 aliphatic rings. The van der Waals surface area contributed by atoms with Crippen molar-refractivity contribution in [3.63, 3.8) is 0 Å². The minimum atomic E-state index is -0.0157. The molecule has 0 spiro atoms. The van der Waals surface area contributed by atoms with Crippen molar-refractivity contribution in [1.82, 2.24) is 14.8 Å². The summed E-state index contributed by atoms with van der Waals surface area (Å²) in [6.45, 7) is 5.88. The average Bonchev–Trinajstić information content (AvgIpc) is 2.71. The Labute approximate surface area is 119 Å². The Morgan fingerprint density at radius 1 is 1.42 bits per heavy atom. The summed E-state index contributed by atoms with van der Waals surface area (Å²) in [5.74, 6) is -0.0167. The van der Waals surface area contributed by atoms with Gasteiger partial charge in [0.05, 0.1) is 0 Å². The van der Waals surface area contributed by atoms with Crippen LogP contribution in [0.25, 0.3) is 0 Å². The van der Waals surface area contributed by atoms with E-state index in [1.165, 1.54) is 6.92 Å². The number of nitrogens with zero attached hydrogens (tertiary/aromatic N) is 2. The Bertz CT molecular complexity index is 484. The van der Waals surface area contributed by atoms with Crippen LogP contribution in [0.5, 0.6) is 0 Å². The molecule has 1 aromatic rings. The standard InChI is InChI=1S/C13H19N3O2.ClH/c1-9-7-14-4-5-16(9)13(18)12-6-11(10(2)17)8-15(12)3;/h6,8-9,14H,4-5,7H2,1-3H3;1H. The molecule has 1 saturated heterocycles. The number of amides is 1. The lowest BCUT2D eigenvalue weighted by Gasteiger charge is -2.34. The van der Waals surface area contributed by atoms with Crippen LogP contribution in [0, 0.1) is 0 Å². The van der Waals surface area contributed by atoms with Crippen LogP contribution < -0.4 is 5.32 Å². The smallest absolute Gasteiger partial charge is 0.270 e. The molecular formula is C13H20ClN3O2. The Hall–Kier alpha value is -1.33. The second-order valence-electron chi connectivity index (χ2n) is 4.83. The number of rotatable bonds is 2. The average molecular weight is 286 g/mol. The molecule has 106 valence electrons. The van der Waals surface area contributed by atoms with Crippen molar-refractivity contribution in [3.05, 3.63) is 23.5 Å². The van der Waals surface area contributed by atoms with Crippen LogP contribution in [0.4, 0.5) is 0 Å². The van der Waals surface area contributed by atoms with Crippen LogP contribution in [-0.4, -0.2) is 46.8 Å². The third-order valence-electron chi connectivity index (χ3n) is 3.39. The number of hydrogen-bond acceptors (Lipinski definition) is 3. The fourth-order valence-corrected chi connectivity index (χ4v) is 2.26. The van der Waals surface area contributed by atoms with Gasteiger partial charge in [-0.05, 0) is 19.9 Å². The third-order valence-corrected chi connectivity index (χ3v) is 3.39. The zero-order valence-corrected chi connectivity index (χ0v) is 12.3. The molecule has 0 radical (unpaired) electrons. The summed E-state index contributed by atoms with van der Waals surface area (Å²) >= 11 is 0. The molecular weight excluding hydrogens is 266 g/mol. The fraction of sp³-hybridized carbons (Fsp3) is 0.538. The molecule has 0 aliphatic carbocycles. The summed E-state index contributed by atoms with van der Waals surface area (Å²) in [7, 11) is 1.80. The molecule has 0 saturated carbocycles. The summed E-state index contributed by atoms with van der Waals surface area (Å²) in [6, 6.07) is 1.86. The molecule has 1 aromatic heterocycles. The molecule has 6 heteroatoms. The molecule has 5 nitrogen and oxygen atoms in total. The number of aryl methyl sites for hydroxylation is 1. The minimum absolute atomic E-state index is 0. The maximum atomic E-state index is 12.4. The van der Waals surface area contributed by atoms with E-state index in [-0.39, 0.29) is 30.1 Å². The lowest BCUT2D eigenvalue weighted by molar-refractivity contribution is 0.0646. The van der Waals surface area contributed by atoms with Gasteiger partial charge in [0, 0.05) is 44.5 Å². The second kappa shape index (κ2) is 6.21. The summed E-state index contributed by atoms with van der Waals surface area (Å²) in [6.07, 6.45) is 1.71. The molecule has 1 N–H and O–H groups in total. The largest absolute Gasteiger partial charge is 0.346 e. The number of nitrogens with one attached hydrogen (secondary N) is 1. The lowest BCUT2D eigenvalue weighted by Crippen LogP contribution is -2.52. The number of Topliss-reactive ketones (excluding diaryl/α,β-unsaturated/α-hetero) is 1. The quantitative estimate of drug-likeness (QED) is 0.828. The second-order valence-corrected chi connectivity index (χ2v) is 4.83. The molecule has 1 unspecified atom stereocenters. The maximum absolute atomic E-state index is 12.4. The third kappa shape index (κ3) is 3.16. The summed E-state index contributed by atoms with van der Waals surface area (Å²) in [4.78, 5) is 25.6. The van der Waals surface area contributed by atoms with Gasteiger partial charge in [0.2, 0.25) is 0 Å². The van der Waals surface area contributed by atoms with Crippen LogP contribution in [0.3, 0.4) is 0 Å². The van der Waals surface area contributed by atoms with Gasteiger partial charge < -0.3 is 14.8 Å². The van der Waals surface area contributed by atoms with Gasteiger partial charge in [-0.2, -0.15) is 0 Å². The number of carbonyl (C=O) groups excluding carboxylic acids is 2. The highest BCUT2D eigenvalue weighted by Gasteiger charge is 2.26. The first-order valence-electron chi connectivity index (χ1n) is 6.19. The number of hydrogen-bond donors (Lipinski definition) is 1. The van der Waals surface area contributed by atoms with E-state index >= 15 is 0 Å². The highest BCUT2D eigenvalue weighted by atomic mass is 35.5. The van der Waals surface area contributed by atoms with Crippen molar-refractivity contribution in [2.45, 2.75) is 19.9 Å². The van der Waals surface area contributed by atoms with Crippen LogP contribution in [0.2, 0.25) is 0 Å². The Morgan fingerprint density at radius 3 is 2.63 bits per heavy atom. The Morgan fingerprint density at radius 2 is 2.11 bits per heavy atom. The molecule has 1 atom stereocenters. The zero-order valence-electron chi connectivity index (χ0n) is 11.5. The predicted molar refractivity (Wildman–Crippen MR) is 76.0 cm³/mol. The van der Waals surface area contributed by atoms with Gasteiger partial charge in [0.1, 0.15) is 5.69 Å². The molecule has 19 heavy (non-hydrogen) atoms. The van der Waals surface area contributed by atoms with E-state index in [1.807, 2.05) is 11.8 Å². The monoisotopic (exact) mass is 285 g/mol. The van der Waals surface area contributed by atoms with E-state index in [0.717, 1.165) is 13.1 Å². The summed E-state index contributed by atoms with van der Waals surface area (Å²) in [5, 5.41) is 3.25. The van der Waals surface area contributed by atoms with Gasteiger partial charge in [0.25, 0.3) is 5.91 Å². The predicted octanol–water partition coefficient (Wildman–Crippen LogP) is 1.08. The normalized spacial score (nSPS) is 18.9.